The third-order valence-corrected chi connectivity index (χ3v) is 8.87. The SMILES string of the molecule is Cc1c(-c2cccc(-c3ccc(N(c4ccccc4)c4ccc(-c5cccc(-c6ccccc6)c5)cc4)cc3)c2)oc2ccccc12. The predicted octanol–water partition coefficient (Wildman–Crippen LogP) is 12.9. The standard InChI is InChI=1S/C45H33NO/c1-32-43-20-8-9-21-44(43)47-45(32)39-17-11-16-38(31-39)35-24-28-42(29-25-35)46(40-18-6-3-7-19-40)41-26-22-34(23-27-41)37-15-10-14-36(30-37)33-12-4-2-5-13-33/h2-31H,1H3. The number of hydrogen-bond acceptors (Lipinski definition) is 2. The van der Waals surface area contributed by atoms with Crippen LogP contribution in [0.25, 0.3) is 55.7 Å². The van der Waals surface area contributed by atoms with Crippen LogP contribution in [0.4, 0.5) is 17.1 Å². The first-order valence-corrected chi connectivity index (χ1v) is 16.0. The summed E-state index contributed by atoms with van der Waals surface area (Å²) in [6.45, 7) is 2.13. The lowest BCUT2D eigenvalue weighted by atomic mass is 9.98. The van der Waals surface area contributed by atoms with Crippen LogP contribution >= 0.6 is 0 Å². The van der Waals surface area contributed by atoms with E-state index in [1.807, 2.05) is 12.1 Å². The zero-order valence-corrected chi connectivity index (χ0v) is 26.2. The maximum atomic E-state index is 6.28. The van der Waals surface area contributed by atoms with E-state index in [1.54, 1.807) is 0 Å². The number of benzene rings is 7. The Morgan fingerprint density at radius 2 is 0.787 bits per heavy atom. The quantitative estimate of drug-likeness (QED) is 0.180. The molecule has 0 N–H and O–H groups in total. The second-order valence-electron chi connectivity index (χ2n) is 11.8. The molecule has 224 valence electrons. The molecule has 0 radical (unpaired) electrons. The van der Waals surface area contributed by atoms with Gasteiger partial charge in [0.2, 0.25) is 0 Å². The molecule has 1 aromatic heterocycles. The van der Waals surface area contributed by atoms with Crippen molar-refractivity contribution in [3.8, 4) is 44.7 Å². The molecule has 47 heavy (non-hydrogen) atoms. The van der Waals surface area contributed by atoms with E-state index in [4.69, 9.17) is 4.42 Å². The summed E-state index contributed by atoms with van der Waals surface area (Å²) in [6.07, 6.45) is 0. The van der Waals surface area contributed by atoms with Gasteiger partial charge in [0.05, 0.1) is 0 Å². The number of rotatable bonds is 7. The highest BCUT2D eigenvalue weighted by Gasteiger charge is 2.15. The summed E-state index contributed by atoms with van der Waals surface area (Å²) in [5.74, 6) is 0.926. The van der Waals surface area contributed by atoms with E-state index in [2.05, 4.69) is 182 Å². The van der Waals surface area contributed by atoms with E-state index in [0.29, 0.717) is 0 Å². The molecule has 2 heteroatoms. The molecule has 1 heterocycles. The van der Waals surface area contributed by atoms with Gasteiger partial charge in [-0.05, 0) is 94.9 Å². The average molecular weight is 604 g/mol. The van der Waals surface area contributed by atoms with Crippen molar-refractivity contribution in [1.29, 1.82) is 0 Å². The van der Waals surface area contributed by atoms with Gasteiger partial charge < -0.3 is 9.32 Å². The van der Waals surface area contributed by atoms with Gasteiger partial charge >= 0.3 is 0 Å². The second-order valence-corrected chi connectivity index (χ2v) is 11.8. The molecular formula is C45H33NO. The van der Waals surface area contributed by atoms with Crippen LogP contribution < -0.4 is 4.90 Å². The van der Waals surface area contributed by atoms with Gasteiger partial charge in [-0.25, -0.2) is 0 Å². The van der Waals surface area contributed by atoms with Crippen molar-refractivity contribution >= 4 is 28.0 Å². The van der Waals surface area contributed by atoms with E-state index in [-0.39, 0.29) is 0 Å². The van der Waals surface area contributed by atoms with Crippen LogP contribution in [0.1, 0.15) is 5.56 Å². The molecule has 0 saturated heterocycles. The molecule has 0 atom stereocenters. The second kappa shape index (κ2) is 12.3. The average Bonchev–Trinajstić information content (AvgIpc) is 3.49. The molecule has 8 rings (SSSR count). The molecule has 0 aliphatic carbocycles. The smallest absolute Gasteiger partial charge is 0.138 e. The highest BCUT2D eigenvalue weighted by atomic mass is 16.3. The molecule has 8 aromatic rings. The molecule has 0 aliphatic heterocycles. The number of nitrogens with zero attached hydrogens (tertiary/aromatic N) is 1. The molecule has 0 saturated carbocycles. The number of furan rings is 1. The van der Waals surface area contributed by atoms with Crippen molar-refractivity contribution < 1.29 is 4.42 Å². The molecule has 0 aliphatic rings. The molecule has 0 bridgehead atoms. The molecule has 7 aromatic carbocycles. The highest BCUT2D eigenvalue weighted by Crippen LogP contribution is 2.38. The maximum Gasteiger partial charge on any atom is 0.138 e. The third-order valence-electron chi connectivity index (χ3n) is 8.87. The fourth-order valence-electron chi connectivity index (χ4n) is 6.43. The zero-order chi connectivity index (χ0) is 31.6. The van der Waals surface area contributed by atoms with Crippen LogP contribution in [-0.2, 0) is 0 Å². The Hall–Kier alpha value is -6.12. The Labute approximate surface area is 275 Å². The lowest BCUT2D eigenvalue weighted by Crippen LogP contribution is -2.09. The number of fused-ring (bicyclic) bond motifs is 1. The third kappa shape index (κ3) is 5.62. The molecule has 0 unspecified atom stereocenters. The minimum Gasteiger partial charge on any atom is -0.456 e. The summed E-state index contributed by atoms with van der Waals surface area (Å²) in [4.78, 5) is 2.31. The van der Waals surface area contributed by atoms with Crippen molar-refractivity contribution in [2.75, 3.05) is 4.90 Å². The first-order chi connectivity index (χ1) is 23.2. The van der Waals surface area contributed by atoms with E-state index in [1.165, 1.54) is 27.8 Å². The highest BCUT2D eigenvalue weighted by molar-refractivity contribution is 5.88. The van der Waals surface area contributed by atoms with E-state index >= 15 is 0 Å². The Morgan fingerprint density at radius 1 is 0.362 bits per heavy atom. The van der Waals surface area contributed by atoms with Gasteiger partial charge in [0.25, 0.3) is 0 Å². The Bertz CT molecular complexity index is 2280. The van der Waals surface area contributed by atoms with Crippen molar-refractivity contribution in [3.05, 3.63) is 188 Å². The zero-order valence-electron chi connectivity index (χ0n) is 26.2. The van der Waals surface area contributed by atoms with Gasteiger partial charge in [-0.3, -0.25) is 0 Å². The Balaban J connectivity index is 1.10. The van der Waals surface area contributed by atoms with E-state index < -0.39 is 0 Å². The largest absolute Gasteiger partial charge is 0.456 e. The van der Waals surface area contributed by atoms with Crippen molar-refractivity contribution in [2.24, 2.45) is 0 Å². The first-order valence-electron chi connectivity index (χ1n) is 16.0. The number of aryl methyl sites for hydroxylation is 1. The van der Waals surface area contributed by atoms with Gasteiger partial charge in [0.15, 0.2) is 0 Å². The van der Waals surface area contributed by atoms with Gasteiger partial charge in [-0.15, -0.1) is 0 Å². The van der Waals surface area contributed by atoms with Crippen LogP contribution in [0.5, 0.6) is 0 Å². The van der Waals surface area contributed by atoms with Crippen LogP contribution in [0.2, 0.25) is 0 Å². The van der Waals surface area contributed by atoms with Gasteiger partial charge in [-0.1, -0.05) is 127 Å². The number of para-hydroxylation sites is 2. The fourth-order valence-corrected chi connectivity index (χ4v) is 6.43. The maximum absolute atomic E-state index is 6.28. The fraction of sp³-hybridized carbons (Fsp3) is 0.0222. The van der Waals surface area contributed by atoms with Gasteiger partial charge in [0.1, 0.15) is 11.3 Å². The lowest BCUT2D eigenvalue weighted by Gasteiger charge is -2.26. The minimum absolute atomic E-state index is 0.921. The molecule has 0 fully saturated rings. The summed E-state index contributed by atoms with van der Waals surface area (Å²) in [5.41, 5.74) is 13.6. The molecule has 2 nitrogen and oxygen atoms in total. The molecule has 0 amide bonds. The van der Waals surface area contributed by atoms with Gasteiger partial charge in [0, 0.05) is 33.6 Å². The number of anilines is 3. The summed E-state index contributed by atoms with van der Waals surface area (Å²) in [6, 6.07) is 64.4. The van der Waals surface area contributed by atoms with Crippen LogP contribution in [0, 0.1) is 6.92 Å². The Morgan fingerprint density at radius 3 is 1.36 bits per heavy atom. The van der Waals surface area contributed by atoms with Crippen LogP contribution in [0.15, 0.2) is 186 Å². The van der Waals surface area contributed by atoms with E-state index in [9.17, 15) is 0 Å². The van der Waals surface area contributed by atoms with Crippen molar-refractivity contribution in [3.63, 3.8) is 0 Å². The monoisotopic (exact) mass is 603 g/mol. The van der Waals surface area contributed by atoms with Crippen molar-refractivity contribution in [1.82, 2.24) is 0 Å². The van der Waals surface area contributed by atoms with E-state index in [0.717, 1.165) is 50.5 Å². The molecule has 0 spiro atoms. The lowest BCUT2D eigenvalue weighted by molar-refractivity contribution is 0.629. The number of hydrogen-bond donors (Lipinski definition) is 0. The normalized spacial score (nSPS) is 11.1. The van der Waals surface area contributed by atoms with Crippen LogP contribution in [0.3, 0.4) is 0 Å². The topological polar surface area (TPSA) is 16.4 Å². The van der Waals surface area contributed by atoms with Crippen molar-refractivity contribution in [2.45, 2.75) is 6.92 Å². The van der Waals surface area contributed by atoms with Crippen LogP contribution in [-0.4, -0.2) is 0 Å². The summed E-state index contributed by atoms with van der Waals surface area (Å²) >= 11 is 0. The predicted molar refractivity (Wildman–Crippen MR) is 197 cm³/mol. The summed E-state index contributed by atoms with van der Waals surface area (Å²) < 4.78 is 6.28. The van der Waals surface area contributed by atoms with Gasteiger partial charge in [-0.2, -0.15) is 0 Å². The molecular weight excluding hydrogens is 571 g/mol. The summed E-state index contributed by atoms with van der Waals surface area (Å²) in [7, 11) is 0. The first kappa shape index (κ1) is 28.4. The minimum atomic E-state index is 0.921. The summed E-state index contributed by atoms with van der Waals surface area (Å²) in [5, 5.41) is 1.16. The Kier molecular flexibility index (Phi) is 7.45.